The van der Waals surface area contributed by atoms with Gasteiger partial charge in [-0.3, -0.25) is 14.5 Å². The lowest BCUT2D eigenvalue weighted by atomic mass is 10.4. The summed E-state index contributed by atoms with van der Waals surface area (Å²) in [5, 5.41) is 5.55. The zero-order valence-corrected chi connectivity index (χ0v) is 12.7. The normalized spacial score (nSPS) is 10.6. The van der Waals surface area contributed by atoms with Crippen molar-refractivity contribution in [3.05, 3.63) is 0 Å². The molecule has 0 spiro atoms. The molecule has 0 saturated carbocycles. The van der Waals surface area contributed by atoms with Crippen molar-refractivity contribution in [2.75, 3.05) is 60.7 Å². The number of ether oxygens (including phenoxy) is 2. The van der Waals surface area contributed by atoms with Crippen LogP contribution in [0.1, 0.15) is 12.8 Å². The Morgan fingerprint density at radius 3 is 1.65 bits per heavy atom. The monoisotopic (exact) mass is 289 g/mol. The number of carbonyl (C=O) groups is 2. The summed E-state index contributed by atoms with van der Waals surface area (Å²) in [6, 6.07) is 0. The van der Waals surface area contributed by atoms with E-state index in [0.717, 1.165) is 12.8 Å². The molecule has 118 valence electrons. The number of rotatable bonds is 12. The summed E-state index contributed by atoms with van der Waals surface area (Å²) in [7, 11) is 4.99. The maximum atomic E-state index is 11.6. The van der Waals surface area contributed by atoms with Gasteiger partial charge in [-0.05, 0) is 19.9 Å². The Morgan fingerprint density at radius 2 is 1.30 bits per heavy atom. The fourth-order valence-corrected chi connectivity index (χ4v) is 1.55. The highest BCUT2D eigenvalue weighted by Crippen LogP contribution is 1.85. The van der Waals surface area contributed by atoms with Crippen LogP contribution in [0.5, 0.6) is 0 Å². The summed E-state index contributed by atoms with van der Waals surface area (Å²) in [4.78, 5) is 24.8. The van der Waals surface area contributed by atoms with Crippen molar-refractivity contribution in [2.45, 2.75) is 12.8 Å². The Morgan fingerprint density at radius 1 is 0.900 bits per heavy atom. The lowest BCUT2D eigenvalue weighted by Gasteiger charge is -2.16. The number of hydrogen-bond donors (Lipinski definition) is 2. The number of carbonyl (C=O) groups excluding carboxylic acids is 2. The van der Waals surface area contributed by atoms with Crippen molar-refractivity contribution in [1.29, 1.82) is 0 Å². The van der Waals surface area contributed by atoms with E-state index < -0.39 is 0 Å². The molecular formula is C13H27N3O4. The van der Waals surface area contributed by atoms with Crippen LogP contribution in [-0.2, 0) is 19.1 Å². The summed E-state index contributed by atoms with van der Waals surface area (Å²) < 4.78 is 9.78. The Balaban J connectivity index is 3.61. The standard InChI is InChI=1S/C13H27N3O4/c1-16(10-12(17)14-6-4-8-19-2)11-13(18)15-7-5-9-20-3/h4-11H2,1-3H3,(H,14,17)(H,15,18). The second-order valence-electron chi connectivity index (χ2n) is 4.56. The van der Waals surface area contributed by atoms with Gasteiger partial charge in [0.25, 0.3) is 0 Å². The molecule has 0 aliphatic carbocycles. The van der Waals surface area contributed by atoms with Crippen LogP contribution in [-0.4, -0.2) is 77.4 Å². The van der Waals surface area contributed by atoms with E-state index in [0.29, 0.717) is 26.3 Å². The van der Waals surface area contributed by atoms with E-state index in [2.05, 4.69) is 10.6 Å². The Bertz CT molecular complexity index is 248. The summed E-state index contributed by atoms with van der Waals surface area (Å²) in [6.45, 7) is 2.84. The molecule has 7 heteroatoms. The summed E-state index contributed by atoms with van der Waals surface area (Å²) >= 11 is 0. The average molecular weight is 289 g/mol. The first-order chi connectivity index (χ1) is 9.60. The highest BCUT2D eigenvalue weighted by Gasteiger charge is 2.09. The van der Waals surface area contributed by atoms with Gasteiger partial charge in [0.05, 0.1) is 13.1 Å². The van der Waals surface area contributed by atoms with E-state index in [1.807, 2.05) is 0 Å². The molecule has 0 aliphatic heterocycles. The first-order valence-electron chi connectivity index (χ1n) is 6.80. The Labute approximate surface area is 121 Å². The van der Waals surface area contributed by atoms with Gasteiger partial charge in [-0.2, -0.15) is 0 Å². The van der Waals surface area contributed by atoms with Gasteiger partial charge < -0.3 is 20.1 Å². The zero-order chi connectivity index (χ0) is 15.2. The molecule has 0 radical (unpaired) electrons. The van der Waals surface area contributed by atoms with Crippen molar-refractivity contribution < 1.29 is 19.1 Å². The van der Waals surface area contributed by atoms with E-state index in [-0.39, 0.29) is 24.9 Å². The SMILES string of the molecule is COCCCNC(=O)CN(C)CC(=O)NCCCOC. The molecule has 0 fully saturated rings. The number of nitrogens with zero attached hydrogens (tertiary/aromatic N) is 1. The quantitative estimate of drug-likeness (QED) is 0.461. The summed E-state index contributed by atoms with van der Waals surface area (Å²) in [5.74, 6) is -0.174. The van der Waals surface area contributed by atoms with Gasteiger partial charge in [0, 0.05) is 40.5 Å². The molecule has 0 aromatic rings. The Hall–Kier alpha value is -1.18. The molecular weight excluding hydrogens is 262 g/mol. The number of methoxy groups -OCH3 is 2. The second kappa shape index (κ2) is 12.8. The van der Waals surface area contributed by atoms with E-state index in [4.69, 9.17) is 9.47 Å². The van der Waals surface area contributed by atoms with Crippen LogP contribution in [0.4, 0.5) is 0 Å². The van der Waals surface area contributed by atoms with Crippen LogP contribution in [0.3, 0.4) is 0 Å². The molecule has 2 amide bonds. The molecule has 0 aromatic heterocycles. The maximum absolute atomic E-state index is 11.6. The third kappa shape index (κ3) is 11.9. The van der Waals surface area contributed by atoms with E-state index in [1.165, 1.54) is 0 Å². The van der Waals surface area contributed by atoms with Gasteiger partial charge in [0.1, 0.15) is 0 Å². The lowest BCUT2D eigenvalue weighted by molar-refractivity contribution is -0.124. The lowest BCUT2D eigenvalue weighted by Crippen LogP contribution is -2.41. The highest BCUT2D eigenvalue weighted by atomic mass is 16.5. The van der Waals surface area contributed by atoms with Gasteiger partial charge in [-0.25, -0.2) is 0 Å². The molecule has 0 atom stereocenters. The third-order valence-electron chi connectivity index (χ3n) is 2.52. The number of amides is 2. The molecule has 0 bridgehead atoms. The van der Waals surface area contributed by atoms with Gasteiger partial charge in [0.2, 0.25) is 11.8 Å². The van der Waals surface area contributed by atoms with Crippen LogP contribution in [0.15, 0.2) is 0 Å². The molecule has 20 heavy (non-hydrogen) atoms. The predicted molar refractivity (Wildman–Crippen MR) is 76.5 cm³/mol. The van der Waals surface area contributed by atoms with Crippen LogP contribution in [0.2, 0.25) is 0 Å². The average Bonchev–Trinajstić information content (AvgIpc) is 2.39. The van der Waals surface area contributed by atoms with Crippen LogP contribution in [0, 0.1) is 0 Å². The molecule has 0 heterocycles. The molecule has 0 saturated heterocycles. The minimum atomic E-state index is -0.0872. The van der Waals surface area contributed by atoms with Crippen molar-refractivity contribution in [2.24, 2.45) is 0 Å². The Kier molecular flexibility index (Phi) is 12.1. The van der Waals surface area contributed by atoms with Crippen molar-refractivity contribution in [1.82, 2.24) is 15.5 Å². The highest BCUT2D eigenvalue weighted by molar-refractivity contribution is 5.81. The van der Waals surface area contributed by atoms with Gasteiger partial charge in [0.15, 0.2) is 0 Å². The van der Waals surface area contributed by atoms with Crippen molar-refractivity contribution in [3.8, 4) is 0 Å². The topological polar surface area (TPSA) is 79.9 Å². The minimum absolute atomic E-state index is 0.0872. The summed E-state index contributed by atoms with van der Waals surface area (Å²) in [6.07, 6.45) is 1.57. The van der Waals surface area contributed by atoms with Crippen molar-refractivity contribution in [3.63, 3.8) is 0 Å². The van der Waals surface area contributed by atoms with Crippen LogP contribution >= 0.6 is 0 Å². The van der Waals surface area contributed by atoms with Crippen LogP contribution in [0.25, 0.3) is 0 Å². The molecule has 0 rings (SSSR count). The second-order valence-corrected chi connectivity index (χ2v) is 4.56. The maximum Gasteiger partial charge on any atom is 0.234 e. The number of nitrogens with one attached hydrogen (secondary N) is 2. The number of likely N-dealkylation sites (N-methyl/N-ethyl adjacent to an activating group) is 1. The van der Waals surface area contributed by atoms with Crippen molar-refractivity contribution >= 4 is 11.8 Å². The molecule has 7 nitrogen and oxygen atoms in total. The fraction of sp³-hybridized carbons (Fsp3) is 0.846. The van der Waals surface area contributed by atoms with Gasteiger partial charge in [-0.1, -0.05) is 0 Å². The molecule has 0 unspecified atom stereocenters. The fourth-order valence-electron chi connectivity index (χ4n) is 1.55. The summed E-state index contributed by atoms with van der Waals surface area (Å²) in [5.41, 5.74) is 0. The molecule has 2 N–H and O–H groups in total. The molecule has 0 aliphatic rings. The molecule has 0 aromatic carbocycles. The van der Waals surface area contributed by atoms with E-state index in [9.17, 15) is 9.59 Å². The first kappa shape index (κ1) is 18.8. The minimum Gasteiger partial charge on any atom is -0.385 e. The zero-order valence-electron chi connectivity index (χ0n) is 12.7. The van der Waals surface area contributed by atoms with E-state index in [1.54, 1.807) is 26.2 Å². The van der Waals surface area contributed by atoms with Gasteiger partial charge >= 0.3 is 0 Å². The van der Waals surface area contributed by atoms with E-state index >= 15 is 0 Å². The predicted octanol–water partition coefficient (Wildman–Crippen LogP) is -0.776. The third-order valence-corrected chi connectivity index (χ3v) is 2.52. The van der Waals surface area contributed by atoms with Crippen LogP contribution < -0.4 is 10.6 Å². The first-order valence-corrected chi connectivity index (χ1v) is 6.80. The smallest absolute Gasteiger partial charge is 0.234 e. The van der Waals surface area contributed by atoms with Gasteiger partial charge in [-0.15, -0.1) is 0 Å². The number of hydrogen-bond acceptors (Lipinski definition) is 5. The largest absolute Gasteiger partial charge is 0.385 e.